The maximum Gasteiger partial charge on any atom is 0.353 e. The van der Waals surface area contributed by atoms with E-state index in [1.54, 1.807) is 6.07 Å². The normalized spacial score (nSPS) is 13.3. The van der Waals surface area contributed by atoms with Gasteiger partial charge in [-0.1, -0.05) is 18.2 Å². The number of para-hydroxylation sites is 1. The molecule has 1 atom stereocenters. The van der Waals surface area contributed by atoms with E-state index in [9.17, 15) is 31.3 Å². The Labute approximate surface area is 157 Å². The number of ether oxygens (including phenoxy) is 1. The van der Waals surface area contributed by atoms with Gasteiger partial charge in [0, 0.05) is 0 Å². The molecule has 0 bridgehead atoms. The van der Waals surface area contributed by atoms with Crippen molar-refractivity contribution in [2.24, 2.45) is 0 Å². The Bertz CT molecular complexity index is 895. The Hall–Kier alpha value is -2.45. The summed E-state index contributed by atoms with van der Waals surface area (Å²) < 4.78 is 91.9. The van der Waals surface area contributed by atoms with Gasteiger partial charge in [-0.05, 0) is 26.0 Å². The molecule has 0 saturated heterocycles. The minimum atomic E-state index is -4.99. The number of hydrogen-bond donors (Lipinski definition) is 1. The van der Waals surface area contributed by atoms with Gasteiger partial charge in [0.1, 0.15) is 17.6 Å². The number of hydrogen-bond acceptors (Lipinski definition) is 4. The molecule has 0 heterocycles. The van der Waals surface area contributed by atoms with Crippen LogP contribution in [0.1, 0.15) is 13.8 Å². The molecule has 0 aliphatic rings. The lowest BCUT2D eigenvalue weighted by Gasteiger charge is -2.22. The molecule has 11 heteroatoms. The standard InChI is InChI=1S/C17H15F5NO4P/c1-9(2)26-11(24)8-23-28(25,27-10-6-4-3-5-7-10)17-15(21)13(19)12(18)14(20)16(17)22/h3-7,9H,8H2,1-2H3,(H,23,25)/t28-/m0/s1. The van der Waals surface area contributed by atoms with Gasteiger partial charge in [-0.3, -0.25) is 9.36 Å². The van der Waals surface area contributed by atoms with Gasteiger partial charge in [-0.25, -0.2) is 27.0 Å². The zero-order valence-electron chi connectivity index (χ0n) is 14.6. The van der Waals surface area contributed by atoms with Gasteiger partial charge in [-0.2, -0.15) is 0 Å². The maximum absolute atomic E-state index is 14.2. The van der Waals surface area contributed by atoms with E-state index in [0.717, 1.165) is 0 Å². The highest BCUT2D eigenvalue weighted by molar-refractivity contribution is 7.65. The van der Waals surface area contributed by atoms with E-state index in [2.05, 4.69) is 0 Å². The molecule has 0 amide bonds. The second kappa shape index (κ2) is 8.70. The summed E-state index contributed by atoms with van der Waals surface area (Å²) in [5.41, 5.74) is 0. The summed E-state index contributed by atoms with van der Waals surface area (Å²) in [5.74, 6) is -12.8. The van der Waals surface area contributed by atoms with Gasteiger partial charge in [0.05, 0.1) is 6.10 Å². The first-order valence-corrected chi connectivity index (χ1v) is 9.50. The molecule has 0 fully saturated rings. The largest absolute Gasteiger partial charge is 0.462 e. The van der Waals surface area contributed by atoms with Crippen LogP contribution < -0.4 is 14.9 Å². The topological polar surface area (TPSA) is 64.6 Å². The van der Waals surface area contributed by atoms with Crippen LogP contribution >= 0.6 is 7.52 Å². The Morgan fingerprint density at radius 3 is 1.96 bits per heavy atom. The molecule has 0 unspecified atom stereocenters. The third kappa shape index (κ3) is 4.69. The van der Waals surface area contributed by atoms with Gasteiger partial charge in [0.25, 0.3) is 0 Å². The monoisotopic (exact) mass is 423 g/mol. The first-order chi connectivity index (χ1) is 13.1. The van der Waals surface area contributed by atoms with E-state index in [0.29, 0.717) is 0 Å². The maximum atomic E-state index is 14.2. The average molecular weight is 423 g/mol. The molecule has 0 spiro atoms. The van der Waals surface area contributed by atoms with E-state index in [1.165, 1.54) is 38.1 Å². The second-order valence-electron chi connectivity index (χ2n) is 5.75. The summed E-state index contributed by atoms with van der Waals surface area (Å²) in [4.78, 5) is 11.7. The highest BCUT2D eigenvalue weighted by atomic mass is 31.2. The van der Waals surface area contributed by atoms with E-state index in [1.807, 2.05) is 5.09 Å². The van der Waals surface area contributed by atoms with Crippen LogP contribution in [0.25, 0.3) is 0 Å². The summed E-state index contributed by atoms with van der Waals surface area (Å²) in [6.07, 6.45) is -0.557. The van der Waals surface area contributed by atoms with Gasteiger partial charge >= 0.3 is 13.5 Å². The van der Waals surface area contributed by atoms with Crippen molar-refractivity contribution < 1.29 is 40.6 Å². The van der Waals surface area contributed by atoms with Crippen molar-refractivity contribution >= 4 is 18.8 Å². The molecular formula is C17H15F5NO4P. The molecule has 28 heavy (non-hydrogen) atoms. The SMILES string of the molecule is CC(C)OC(=O)CN[P@@](=O)(Oc1ccccc1)c1c(F)c(F)c(F)c(F)c1F. The lowest BCUT2D eigenvalue weighted by Crippen LogP contribution is -2.34. The average Bonchev–Trinajstić information content (AvgIpc) is 2.63. The Kier molecular flexibility index (Phi) is 6.79. The Morgan fingerprint density at radius 1 is 0.964 bits per heavy atom. The summed E-state index contributed by atoms with van der Waals surface area (Å²) in [6, 6.07) is 6.87. The minimum Gasteiger partial charge on any atom is -0.462 e. The molecule has 152 valence electrons. The van der Waals surface area contributed by atoms with E-state index in [4.69, 9.17) is 9.26 Å². The van der Waals surface area contributed by atoms with Crippen LogP contribution in [0.5, 0.6) is 5.75 Å². The zero-order valence-corrected chi connectivity index (χ0v) is 15.5. The van der Waals surface area contributed by atoms with E-state index < -0.39 is 60.5 Å². The first kappa shape index (κ1) is 21.8. The Balaban J connectivity index is 2.53. The van der Waals surface area contributed by atoms with Crippen molar-refractivity contribution in [2.75, 3.05) is 6.54 Å². The minimum absolute atomic E-state index is 0.195. The summed E-state index contributed by atoms with van der Waals surface area (Å²) in [7, 11) is -4.99. The van der Waals surface area contributed by atoms with Crippen LogP contribution in [0, 0.1) is 29.1 Å². The van der Waals surface area contributed by atoms with Crippen molar-refractivity contribution in [2.45, 2.75) is 20.0 Å². The van der Waals surface area contributed by atoms with Crippen molar-refractivity contribution in [1.29, 1.82) is 0 Å². The number of carbonyl (C=O) groups excluding carboxylic acids is 1. The zero-order chi connectivity index (χ0) is 21.1. The van der Waals surface area contributed by atoms with Crippen LogP contribution in [0.2, 0.25) is 0 Å². The molecule has 2 rings (SSSR count). The number of esters is 1. The van der Waals surface area contributed by atoms with Crippen molar-refractivity contribution in [3.63, 3.8) is 0 Å². The molecular weight excluding hydrogens is 408 g/mol. The molecule has 2 aromatic carbocycles. The smallest absolute Gasteiger partial charge is 0.353 e. The predicted octanol–water partition coefficient (Wildman–Crippen LogP) is 3.82. The van der Waals surface area contributed by atoms with E-state index in [-0.39, 0.29) is 5.75 Å². The molecule has 5 nitrogen and oxygen atoms in total. The van der Waals surface area contributed by atoms with Crippen LogP contribution in [-0.4, -0.2) is 18.6 Å². The van der Waals surface area contributed by atoms with Crippen LogP contribution in [0.4, 0.5) is 22.0 Å². The van der Waals surface area contributed by atoms with Gasteiger partial charge in [0.15, 0.2) is 23.3 Å². The third-order valence-corrected chi connectivity index (χ3v) is 5.28. The lowest BCUT2D eigenvalue weighted by atomic mass is 10.3. The molecule has 0 aliphatic carbocycles. The number of carbonyl (C=O) groups is 1. The predicted molar refractivity (Wildman–Crippen MR) is 89.8 cm³/mol. The van der Waals surface area contributed by atoms with Crippen molar-refractivity contribution in [1.82, 2.24) is 5.09 Å². The number of benzene rings is 2. The summed E-state index contributed by atoms with van der Waals surface area (Å²) >= 11 is 0. The van der Waals surface area contributed by atoms with Crippen molar-refractivity contribution in [3.8, 4) is 5.75 Å². The van der Waals surface area contributed by atoms with Gasteiger partial charge in [-0.15, -0.1) is 0 Å². The number of nitrogens with one attached hydrogen (secondary N) is 1. The quantitative estimate of drug-likeness (QED) is 0.241. The highest BCUT2D eigenvalue weighted by Crippen LogP contribution is 2.44. The Morgan fingerprint density at radius 2 is 1.46 bits per heavy atom. The number of rotatable bonds is 7. The fourth-order valence-electron chi connectivity index (χ4n) is 2.11. The molecule has 0 aromatic heterocycles. The first-order valence-electron chi connectivity index (χ1n) is 7.88. The third-order valence-electron chi connectivity index (χ3n) is 3.26. The van der Waals surface area contributed by atoms with Crippen molar-refractivity contribution in [3.05, 3.63) is 59.4 Å². The molecule has 0 aliphatic heterocycles. The van der Waals surface area contributed by atoms with Crippen LogP contribution in [-0.2, 0) is 14.1 Å². The lowest BCUT2D eigenvalue weighted by molar-refractivity contribution is -0.145. The second-order valence-corrected chi connectivity index (χ2v) is 7.80. The molecule has 0 radical (unpaired) electrons. The molecule has 2 aromatic rings. The number of halogens is 5. The van der Waals surface area contributed by atoms with Gasteiger partial charge in [0.2, 0.25) is 5.82 Å². The fourth-order valence-corrected chi connectivity index (χ4v) is 3.89. The summed E-state index contributed by atoms with van der Waals surface area (Å²) in [5, 5.41) is 0.241. The summed E-state index contributed by atoms with van der Waals surface area (Å²) in [6.45, 7) is 2.16. The van der Waals surface area contributed by atoms with Crippen LogP contribution in [0.15, 0.2) is 30.3 Å². The van der Waals surface area contributed by atoms with Gasteiger partial charge < -0.3 is 9.26 Å². The molecule has 0 saturated carbocycles. The fraction of sp³-hybridized carbons (Fsp3) is 0.235. The van der Waals surface area contributed by atoms with Crippen LogP contribution in [0.3, 0.4) is 0 Å². The highest BCUT2D eigenvalue weighted by Gasteiger charge is 2.40. The van der Waals surface area contributed by atoms with E-state index >= 15 is 0 Å². The molecule has 1 N–H and O–H groups in total.